The number of nitrogens with zero attached hydrogens (tertiary/aromatic N) is 1. The normalized spacial score (nSPS) is 18.0. The number of hydrogen-bond donors (Lipinski definition) is 2. The number of piperidine rings is 1. The van der Waals surface area contributed by atoms with Crippen LogP contribution in [0.4, 0.5) is 5.69 Å². The molecule has 0 bridgehead atoms. The largest absolute Gasteiger partial charge is 0.299 e. The van der Waals surface area contributed by atoms with E-state index < -0.39 is 10.0 Å². The van der Waals surface area contributed by atoms with Crippen LogP contribution in [0.3, 0.4) is 0 Å². The highest BCUT2D eigenvalue weighted by Gasteiger charge is 2.31. The van der Waals surface area contributed by atoms with Gasteiger partial charge in [-0.15, -0.1) is 0 Å². The minimum absolute atomic E-state index is 0.0107. The number of carbonyl (C=O) groups excluding carboxylic acids is 1. The summed E-state index contributed by atoms with van der Waals surface area (Å²) >= 11 is 0. The maximum Gasteiger partial charge on any atom is 0.243 e. The smallest absolute Gasteiger partial charge is 0.243 e. The highest BCUT2D eigenvalue weighted by molar-refractivity contribution is 7.89. The quantitative estimate of drug-likeness (QED) is 0.747. The van der Waals surface area contributed by atoms with Crippen molar-refractivity contribution in [1.82, 2.24) is 9.73 Å². The van der Waals surface area contributed by atoms with Crippen molar-refractivity contribution in [2.24, 2.45) is 5.92 Å². The van der Waals surface area contributed by atoms with Crippen molar-refractivity contribution in [3.63, 3.8) is 0 Å². The van der Waals surface area contributed by atoms with Gasteiger partial charge in [-0.1, -0.05) is 35.9 Å². The van der Waals surface area contributed by atoms with Gasteiger partial charge in [0.05, 0.1) is 10.6 Å². The first-order valence-electron chi connectivity index (χ1n) is 9.12. The maximum atomic E-state index is 12.9. The highest BCUT2D eigenvalue weighted by Crippen LogP contribution is 2.25. The van der Waals surface area contributed by atoms with Crippen LogP contribution in [-0.4, -0.2) is 31.7 Å². The molecule has 1 unspecified atom stereocenters. The molecule has 0 saturated carbocycles. The van der Waals surface area contributed by atoms with Crippen LogP contribution in [0.5, 0.6) is 0 Å². The standard InChI is InChI=1S/C20H25N3O3S/c1-16-9-11-19(12-10-16)27(25,26)23-13-5-6-17(15-23)14-20(24)22-21-18-7-3-2-4-8-18/h2-4,7-12,17,21H,5-6,13-15H2,1H3,(H,22,24). The van der Waals surface area contributed by atoms with Gasteiger partial charge in [-0.05, 0) is 49.9 Å². The zero-order chi connectivity index (χ0) is 19.3. The fraction of sp³-hybridized carbons (Fsp3) is 0.350. The van der Waals surface area contributed by atoms with E-state index in [2.05, 4.69) is 10.9 Å². The number of nitrogens with one attached hydrogen (secondary N) is 2. The minimum Gasteiger partial charge on any atom is -0.299 e. The molecule has 1 heterocycles. The summed E-state index contributed by atoms with van der Waals surface area (Å²) in [7, 11) is -3.52. The Kier molecular flexibility index (Phi) is 6.13. The molecule has 1 atom stereocenters. The second-order valence-corrected chi connectivity index (χ2v) is 8.87. The van der Waals surface area contributed by atoms with E-state index in [0.717, 1.165) is 24.1 Å². The zero-order valence-electron chi connectivity index (χ0n) is 15.4. The van der Waals surface area contributed by atoms with Gasteiger partial charge >= 0.3 is 0 Å². The molecular formula is C20H25N3O3S. The van der Waals surface area contributed by atoms with Crippen LogP contribution in [0.15, 0.2) is 59.5 Å². The number of hydrogen-bond acceptors (Lipinski definition) is 4. The van der Waals surface area contributed by atoms with Gasteiger partial charge in [-0.3, -0.25) is 15.6 Å². The van der Waals surface area contributed by atoms with Gasteiger partial charge in [0.2, 0.25) is 15.9 Å². The summed E-state index contributed by atoms with van der Waals surface area (Å²) in [5.41, 5.74) is 7.38. The van der Waals surface area contributed by atoms with Crippen LogP contribution in [0.1, 0.15) is 24.8 Å². The topological polar surface area (TPSA) is 78.5 Å². The number of hydrazine groups is 1. The third-order valence-electron chi connectivity index (χ3n) is 4.73. The second-order valence-electron chi connectivity index (χ2n) is 6.93. The van der Waals surface area contributed by atoms with Crippen LogP contribution in [0.2, 0.25) is 0 Å². The molecule has 1 saturated heterocycles. The summed E-state index contributed by atoms with van der Waals surface area (Å²) in [5.74, 6) is -0.130. The molecule has 0 radical (unpaired) electrons. The zero-order valence-corrected chi connectivity index (χ0v) is 16.2. The van der Waals surface area contributed by atoms with Crippen LogP contribution in [0, 0.1) is 12.8 Å². The summed E-state index contributed by atoms with van der Waals surface area (Å²) in [6, 6.07) is 16.3. The van der Waals surface area contributed by atoms with Crippen LogP contribution >= 0.6 is 0 Å². The summed E-state index contributed by atoms with van der Waals surface area (Å²) in [5, 5.41) is 0. The van der Waals surface area contributed by atoms with Gasteiger partial charge in [0.25, 0.3) is 0 Å². The van der Waals surface area contributed by atoms with Crippen LogP contribution < -0.4 is 10.9 Å². The molecule has 2 aromatic carbocycles. The van der Waals surface area contributed by atoms with Crippen molar-refractivity contribution < 1.29 is 13.2 Å². The maximum absolute atomic E-state index is 12.9. The van der Waals surface area contributed by atoms with Gasteiger partial charge in [-0.25, -0.2) is 8.42 Å². The third-order valence-corrected chi connectivity index (χ3v) is 6.61. The molecule has 1 fully saturated rings. The van der Waals surface area contributed by atoms with Gasteiger partial charge in [0, 0.05) is 19.5 Å². The Morgan fingerprint density at radius 3 is 2.52 bits per heavy atom. The number of sulfonamides is 1. The van der Waals surface area contributed by atoms with Crippen molar-refractivity contribution in [3.8, 4) is 0 Å². The molecule has 27 heavy (non-hydrogen) atoms. The van der Waals surface area contributed by atoms with Gasteiger partial charge in [-0.2, -0.15) is 4.31 Å². The van der Waals surface area contributed by atoms with Crippen LogP contribution in [-0.2, 0) is 14.8 Å². The molecule has 0 aromatic heterocycles. The van der Waals surface area contributed by atoms with E-state index in [0.29, 0.717) is 24.4 Å². The second kappa shape index (κ2) is 8.54. The molecule has 7 heteroatoms. The molecule has 2 aromatic rings. The molecule has 0 aliphatic carbocycles. The lowest BCUT2D eigenvalue weighted by molar-refractivity contribution is -0.121. The van der Waals surface area contributed by atoms with Gasteiger partial charge in [0.1, 0.15) is 0 Å². The Hall–Kier alpha value is -2.38. The third kappa shape index (κ3) is 5.08. The molecule has 0 spiro atoms. The first-order valence-corrected chi connectivity index (χ1v) is 10.6. The first-order chi connectivity index (χ1) is 12.9. The van der Waals surface area contributed by atoms with Crippen molar-refractivity contribution in [1.29, 1.82) is 0 Å². The number of rotatable bonds is 6. The molecular weight excluding hydrogens is 362 g/mol. The van der Waals surface area contributed by atoms with Crippen LogP contribution in [0.25, 0.3) is 0 Å². The summed E-state index contributed by atoms with van der Waals surface area (Å²) < 4.78 is 27.2. The van der Waals surface area contributed by atoms with E-state index in [1.54, 1.807) is 24.3 Å². The predicted octanol–water partition coefficient (Wildman–Crippen LogP) is 2.93. The Bertz CT molecular complexity index is 867. The number of anilines is 1. The van der Waals surface area contributed by atoms with Crippen molar-refractivity contribution in [2.75, 3.05) is 18.5 Å². The number of carbonyl (C=O) groups is 1. The lowest BCUT2D eigenvalue weighted by Crippen LogP contribution is -2.41. The van der Waals surface area contributed by atoms with E-state index >= 15 is 0 Å². The Labute approximate surface area is 160 Å². The van der Waals surface area contributed by atoms with Crippen molar-refractivity contribution in [2.45, 2.75) is 31.1 Å². The molecule has 144 valence electrons. The summed E-state index contributed by atoms with van der Waals surface area (Å²) in [4.78, 5) is 12.5. The van der Waals surface area contributed by atoms with E-state index in [9.17, 15) is 13.2 Å². The van der Waals surface area contributed by atoms with E-state index in [1.807, 2.05) is 37.3 Å². The summed E-state index contributed by atoms with van der Waals surface area (Å²) in [6.45, 7) is 2.79. The Morgan fingerprint density at radius 1 is 1.11 bits per heavy atom. The minimum atomic E-state index is -3.52. The lowest BCUT2D eigenvalue weighted by atomic mass is 9.96. The molecule has 1 aliphatic rings. The number of benzene rings is 2. The molecule has 6 nitrogen and oxygen atoms in total. The Balaban J connectivity index is 1.57. The lowest BCUT2D eigenvalue weighted by Gasteiger charge is -2.31. The number of amides is 1. The fourth-order valence-corrected chi connectivity index (χ4v) is 4.80. The van der Waals surface area contributed by atoms with E-state index in [4.69, 9.17) is 0 Å². The van der Waals surface area contributed by atoms with E-state index in [1.165, 1.54) is 4.31 Å². The number of aryl methyl sites for hydroxylation is 1. The highest BCUT2D eigenvalue weighted by atomic mass is 32.2. The first kappa shape index (κ1) is 19.4. The summed E-state index contributed by atoms with van der Waals surface area (Å²) in [6.07, 6.45) is 1.90. The average molecular weight is 388 g/mol. The van der Waals surface area contributed by atoms with E-state index in [-0.39, 0.29) is 11.8 Å². The fourth-order valence-electron chi connectivity index (χ4n) is 3.25. The SMILES string of the molecule is Cc1ccc(S(=O)(=O)N2CCCC(CC(=O)NNc3ccccc3)C2)cc1. The molecule has 1 amide bonds. The van der Waals surface area contributed by atoms with Crippen molar-refractivity contribution in [3.05, 3.63) is 60.2 Å². The van der Waals surface area contributed by atoms with Gasteiger partial charge in [0.15, 0.2) is 0 Å². The van der Waals surface area contributed by atoms with Crippen molar-refractivity contribution >= 4 is 21.6 Å². The molecule has 2 N–H and O–H groups in total. The molecule has 1 aliphatic heterocycles. The molecule has 3 rings (SSSR count). The average Bonchev–Trinajstić information content (AvgIpc) is 2.68. The number of para-hydroxylation sites is 1. The Morgan fingerprint density at radius 2 is 1.81 bits per heavy atom. The monoisotopic (exact) mass is 387 g/mol. The van der Waals surface area contributed by atoms with Gasteiger partial charge < -0.3 is 0 Å². The predicted molar refractivity (Wildman–Crippen MR) is 105 cm³/mol.